The van der Waals surface area contributed by atoms with E-state index in [1.54, 1.807) is 11.3 Å². The maximum Gasteiger partial charge on any atom is 0.237 e. The number of fused-ring (bicyclic) bond motifs is 1. The third kappa shape index (κ3) is 4.20. The molecule has 0 spiro atoms. The largest absolute Gasteiger partial charge is 0.335 e. The highest BCUT2D eigenvalue weighted by atomic mass is 32.2. The van der Waals surface area contributed by atoms with E-state index in [1.807, 2.05) is 11.0 Å². The third-order valence-corrected chi connectivity index (χ3v) is 9.39. The monoisotopic (exact) mass is 433 g/mol. The normalized spacial score (nSPS) is 25.4. The van der Waals surface area contributed by atoms with E-state index in [-0.39, 0.29) is 29.5 Å². The van der Waals surface area contributed by atoms with Gasteiger partial charge in [0, 0.05) is 18.0 Å². The molecular formula is C21H27N3O3S2. The van der Waals surface area contributed by atoms with E-state index >= 15 is 0 Å². The van der Waals surface area contributed by atoms with Crippen LogP contribution in [0.25, 0.3) is 10.2 Å². The van der Waals surface area contributed by atoms with Crippen LogP contribution < -0.4 is 0 Å². The SMILES string of the molecule is O=C(CN1CCC(c2nc3ccccc3s2)CC1)N(C1CC1)[C@H]1CCS(=O)(=O)C1. The van der Waals surface area contributed by atoms with Gasteiger partial charge in [-0.05, 0) is 57.3 Å². The number of thiazole rings is 1. The highest BCUT2D eigenvalue weighted by Gasteiger charge is 2.42. The molecule has 1 aromatic heterocycles. The van der Waals surface area contributed by atoms with Gasteiger partial charge in [0.2, 0.25) is 5.91 Å². The van der Waals surface area contributed by atoms with Crippen LogP contribution in [0.4, 0.5) is 0 Å². The van der Waals surface area contributed by atoms with Gasteiger partial charge in [-0.1, -0.05) is 12.1 Å². The lowest BCUT2D eigenvalue weighted by atomic mass is 9.97. The molecule has 156 valence electrons. The summed E-state index contributed by atoms with van der Waals surface area (Å²) < 4.78 is 25.0. The Kier molecular flexibility index (Phi) is 5.12. The fourth-order valence-electron chi connectivity index (χ4n) is 4.73. The molecule has 1 aliphatic carbocycles. The number of piperidine rings is 1. The van der Waals surface area contributed by atoms with Crippen LogP contribution in [-0.2, 0) is 14.6 Å². The summed E-state index contributed by atoms with van der Waals surface area (Å²) in [5, 5.41) is 1.22. The molecule has 1 saturated carbocycles. The molecule has 6 nitrogen and oxygen atoms in total. The van der Waals surface area contributed by atoms with E-state index in [4.69, 9.17) is 4.98 Å². The van der Waals surface area contributed by atoms with Crippen molar-refractivity contribution >= 4 is 37.3 Å². The molecule has 29 heavy (non-hydrogen) atoms. The van der Waals surface area contributed by atoms with Crippen molar-refractivity contribution in [2.45, 2.75) is 50.1 Å². The smallest absolute Gasteiger partial charge is 0.237 e. The number of aromatic nitrogens is 1. The summed E-state index contributed by atoms with van der Waals surface area (Å²) in [7, 11) is -2.98. The quantitative estimate of drug-likeness (QED) is 0.725. The van der Waals surface area contributed by atoms with Crippen molar-refractivity contribution < 1.29 is 13.2 Å². The Morgan fingerprint density at radius 3 is 2.52 bits per heavy atom. The molecule has 0 bridgehead atoms. The Balaban J connectivity index is 1.19. The molecule has 0 radical (unpaired) electrons. The van der Waals surface area contributed by atoms with Crippen molar-refractivity contribution in [3.63, 3.8) is 0 Å². The first-order valence-corrected chi connectivity index (χ1v) is 13.2. The molecule has 5 rings (SSSR count). The van der Waals surface area contributed by atoms with Crippen molar-refractivity contribution in [2.24, 2.45) is 0 Å². The summed E-state index contributed by atoms with van der Waals surface area (Å²) >= 11 is 1.79. The van der Waals surface area contributed by atoms with Gasteiger partial charge < -0.3 is 4.90 Å². The molecular weight excluding hydrogens is 406 g/mol. The Hall–Kier alpha value is -1.51. The molecule has 3 aliphatic rings. The summed E-state index contributed by atoms with van der Waals surface area (Å²) in [6, 6.07) is 8.43. The number of hydrogen-bond acceptors (Lipinski definition) is 6. The minimum atomic E-state index is -2.98. The van der Waals surface area contributed by atoms with Crippen molar-refractivity contribution in [3.8, 4) is 0 Å². The molecule has 1 amide bonds. The van der Waals surface area contributed by atoms with Crippen LogP contribution in [0.2, 0.25) is 0 Å². The van der Waals surface area contributed by atoms with Gasteiger partial charge in [-0.2, -0.15) is 0 Å². The number of para-hydroxylation sites is 1. The van der Waals surface area contributed by atoms with Crippen LogP contribution in [0.1, 0.15) is 43.0 Å². The van der Waals surface area contributed by atoms with Crippen molar-refractivity contribution in [1.29, 1.82) is 0 Å². The molecule has 1 aromatic carbocycles. The third-order valence-electron chi connectivity index (χ3n) is 6.44. The van der Waals surface area contributed by atoms with Crippen LogP contribution in [0.3, 0.4) is 0 Å². The first-order chi connectivity index (χ1) is 14.0. The van der Waals surface area contributed by atoms with E-state index in [9.17, 15) is 13.2 Å². The van der Waals surface area contributed by atoms with E-state index in [2.05, 4.69) is 23.1 Å². The standard InChI is InChI=1S/C21H27N3O3S2/c25-20(24(16-5-6-16)17-9-12-29(26,27)14-17)13-23-10-7-15(8-11-23)21-22-18-3-1-2-4-19(18)28-21/h1-4,15-17H,5-14H2/t17-/m0/s1. The number of carbonyl (C=O) groups is 1. The number of hydrogen-bond donors (Lipinski definition) is 0. The van der Waals surface area contributed by atoms with E-state index in [1.165, 1.54) is 9.71 Å². The average Bonchev–Trinajstić information content (AvgIpc) is 3.32. The van der Waals surface area contributed by atoms with Crippen molar-refractivity contribution in [2.75, 3.05) is 31.1 Å². The first kappa shape index (κ1) is 19.5. The Morgan fingerprint density at radius 1 is 1.10 bits per heavy atom. The summed E-state index contributed by atoms with van der Waals surface area (Å²) in [5.74, 6) is 0.961. The van der Waals surface area contributed by atoms with Gasteiger partial charge in [-0.15, -0.1) is 11.3 Å². The van der Waals surface area contributed by atoms with Gasteiger partial charge in [-0.25, -0.2) is 13.4 Å². The molecule has 8 heteroatoms. The zero-order valence-corrected chi connectivity index (χ0v) is 18.1. The molecule has 0 unspecified atom stereocenters. The van der Waals surface area contributed by atoms with Crippen molar-refractivity contribution in [3.05, 3.63) is 29.3 Å². The molecule has 3 fully saturated rings. The van der Waals surface area contributed by atoms with Crippen LogP contribution in [-0.4, -0.2) is 72.3 Å². The number of nitrogens with zero attached hydrogens (tertiary/aromatic N) is 3. The van der Waals surface area contributed by atoms with Crippen LogP contribution in [0.5, 0.6) is 0 Å². The van der Waals surface area contributed by atoms with E-state index < -0.39 is 9.84 Å². The van der Waals surface area contributed by atoms with E-state index in [0.29, 0.717) is 18.9 Å². The summed E-state index contributed by atoms with van der Waals surface area (Å²) in [6.07, 6.45) is 4.68. The lowest BCUT2D eigenvalue weighted by Gasteiger charge is -2.34. The second-order valence-corrected chi connectivity index (χ2v) is 12.0. The second-order valence-electron chi connectivity index (χ2n) is 8.66. The maximum atomic E-state index is 13.0. The lowest BCUT2D eigenvalue weighted by molar-refractivity contribution is -0.135. The van der Waals surface area contributed by atoms with Gasteiger partial charge in [0.15, 0.2) is 9.84 Å². The number of carbonyl (C=O) groups excluding carboxylic acids is 1. The molecule has 2 saturated heterocycles. The summed E-state index contributed by atoms with van der Waals surface area (Å²) in [6.45, 7) is 2.21. The topological polar surface area (TPSA) is 70.6 Å². The highest BCUT2D eigenvalue weighted by Crippen LogP contribution is 2.35. The second kappa shape index (κ2) is 7.63. The number of likely N-dealkylation sites (tertiary alicyclic amines) is 1. The molecule has 3 heterocycles. The Morgan fingerprint density at radius 2 is 1.86 bits per heavy atom. The van der Waals surface area contributed by atoms with Crippen LogP contribution >= 0.6 is 11.3 Å². The Labute approximate surface area is 175 Å². The lowest BCUT2D eigenvalue weighted by Crippen LogP contribution is -2.48. The van der Waals surface area contributed by atoms with E-state index in [0.717, 1.165) is 44.3 Å². The molecule has 2 aliphatic heterocycles. The molecule has 1 atom stereocenters. The minimum absolute atomic E-state index is 0.111. The van der Waals surface area contributed by atoms with Gasteiger partial charge >= 0.3 is 0 Å². The predicted molar refractivity (Wildman–Crippen MR) is 115 cm³/mol. The zero-order chi connectivity index (χ0) is 20.0. The van der Waals surface area contributed by atoms with Gasteiger partial charge in [-0.3, -0.25) is 9.69 Å². The fraction of sp³-hybridized carbons (Fsp3) is 0.619. The molecule has 0 N–H and O–H groups in total. The summed E-state index contributed by atoms with van der Waals surface area (Å²) in [4.78, 5) is 22.0. The number of amides is 1. The minimum Gasteiger partial charge on any atom is -0.335 e. The molecule has 2 aromatic rings. The first-order valence-electron chi connectivity index (χ1n) is 10.6. The maximum absolute atomic E-state index is 13.0. The summed E-state index contributed by atoms with van der Waals surface area (Å²) in [5.41, 5.74) is 1.08. The van der Waals surface area contributed by atoms with Crippen LogP contribution in [0, 0.1) is 0 Å². The van der Waals surface area contributed by atoms with Gasteiger partial charge in [0.25, 0.3) is 0 Å². The number of benzene rings is 1. The zero-order valence-electron chi connectivity index (χ0n) is 16.5. The van der Waals surface area contributed by atoms with Gasteiger partial charge in [0.1, 0.15) is 0 Å². The fourth-order valence-corrected chi connectivity index (χ4v) is 7.58. The number of sulfone groups is 1. The van der Waals surface area contributed by atoms with Crippen LogP contribution in [0.15, 0.2) is 24.3 Å². The Bertz CT molecular complexity index is 974. The average molecular weight is 434 g/mol. The van der Waals surface area contributed by atoms with Gasteiger partial charge in [0.05, 0.1) is 33.3 Å². The van der Waals surface area contributed by atoms with Crippen molar-refractivity contribution in [1.82, 2.24) is 14.8 Å². The highest BCUT2D eigenvalue weighted by molar-refractivity contribution is 7.91. The predicted octanol–water partition coefficient (Wildman–Crippen LogP) is 2.65. The number of rotatable bonds is 5.